The van der Waals surface area contributed by atoms with Crippen molar-refractivity contribution in [3.05, 3.63) is 65.0 Å². The van der Waals surface area contributed by atoms with Crippen LogP contribution in [0.5, 0.6) is 0 Å². The van der Waals surface area contributed by atoms with E-state index in [0.717, 1.165) is 0 Å². The van der Waals surface area contributed by atoms with E-state index in [1.54, 1.807) is 24.3 Å². The van der Waals surface area contributed by atoms with E-state index in [-0.39, 0.29) is 31.5 Å². The first kappa shape index (κ1) is 18.9. The molecule has 25 heavy (non-hydrogen) atoms. The summed E-state index contributed by atoms with van der Waals surface area (Å²) < 4.78 is 66.3. The zero-order valence-corrected chi connectivity index (χ0v) is 13.6. The van der Waals surface area contributed by atoms with Gasteiger partial charge in [-0.3, -0.25) is 4.79 Å². The molecular formula is C16H14F3NO4S. The number of aliphatic carboxylic acids is 1. The molecule has 0 fully saturated rings. The lowest BCUT2D eigenvalue weighted by molar-refractivity contribution is -0.136. The molecule has 0 aliphatic carbocycles. The predicted octanol–water partition coefficient (Wildman–Crippen LogP) is 2.60. The molecule has 0 unspecified atom stereocenters. The van der Waals surface area contributed by atoms with Crippen molar-refractivity contribution in [2.24, 2.45) is 0 Å². The Morgan fingerprint density at radius 3 is 2.24 bits per heavy atom. The van der Waals surface area contributed by atoms with Crippen LogP contribution in [0, 0.1) is 17.5 Å². The quantitative estimate of drug-likeness (QED) is 0.782. The Kier molecular flexibility index (Phi) is 5.81. The average molecular weight is 373 g/mol. The van der Waals surface area contributed by atoms with Gasteiger partial charge in [0.1, 0.15) is 17.5 Å². The SMILES string of the molecule is O=C(O)CCc1cccc(CNS(=O)(=O)c2c(F)cc(F)cc2F)c1. The Balaban J connectivity index is 2.15. The molecule has 0 atom stereocenters. The van der Waals surface area contributed by atoms with Crippen molar-refractivity contribution in [2.45, 2.75) is 24.3 Å². The summed E-state index contributed by atoms with van der Waals surface area (Å²) >= 11 is 0. The molecule has 0 saturated carbocycles. The molecule has 2 aromatic rings. The summed E-state index contributed by atoms with van der Waals surface area (Å²) in [4.78, 5) is 9.32. The number of hydrogen-bond acceptors (Lipinski definition) is 3. The fourth-order valence-electron chi connectivity index (χ4n) is 2.18. The first-order chi connectivity index (χ1) is 11.7. The van der Waals surface area contributed by atoms with Gasteiger partial charge >= 0.3 is 5.97 Å². The van der Waals surface area contributed by atoms with Gasteiger partial charge in [0.2, 0.25) is 10.0 Å². The number of halogens is 3. The highest BCUT2D eigenvalue weighted by Gasteiger charge is 2.24. The topological polar surface area (TPSA) is 83.5 Å². The molecule has 2 aromatic carbocycles. The molecule has 0 spiro atoms. The largest absolute Gasteiger partial charge is 0.481 e. The molecule has 0 aliphatic rings. The molecule has 0 radical (unpaired) electrons. The van der Waals surface area contributed by atoms with Gasteiger partial charge < -0.3 is 5.11 Å². The van der Waals surface area contributed by atoms with Crippen LogP contribution < -0.4 is 4.72 Å². The van der Waals surface area contributed by atoms with E-state index in [1.165, 1.54) is 0 Å². The maximum Gasteiger partial charge on any atom is 0.303 e. The van der Waals surface area contributed by atoms with E-state index in [0.29, 0.717) is 11.1 Å². The standard InChI is InChI=1S/C16H14F3NO4S/c17-12-7-13(18)16(14(19)8-12)25(23,24)20-9-11-3-1-2-10(6-11)4-5-15(21)22/h1-3,6-8,20H,4-5,9H2,(H,21,22). The van der Waals surface area contributed by atoms with Gasteiger partial charge in [0.15, 0.2) is 4.90 Å². The van der Waals surface area contributed by atoms with Crippen LogP contribution in [-0.4, -0.2) is 19.5 Å². The number of sulfonamides is 1. The summed E-state index contributed by atoms with van der Waals surface area (Å²) in [6, 6.07) is 7.02. The summed E-state index contributed by atoms with van der Waals surface area (Å²) in [5.74, 6) is -5.24. The molecule has 0 heterocycles. The highest BCUT2D eigenvalue weighted by atomic mass is 32.2. The fraction of sp³-hybridized carbons (Fsp3) is 0.188. The van der Waals surface area contributed by atoms with E-state index < -0.39 is 38.3 Å². The number of nitrogens with one attached hydrogen (secondary N) is 1. The summed E-state index contributed by atoms with van der Waals surface area (Å²) in [7, 11) is -4.54. The fourth-order valence-corrected chi connectivity index (χ4v) is 3.31. The van der Waals surface area contributed by atoms with Gasteiger partial charge in [-0.15, -0.1) is 0 Å². The second kappa shape index (κ2) is 7.66. The Morgan fingerprint density at radius 1 is 1.04 bits per heavy atom. The summed E-state index contributed by atoms with van der Waals surface area (Å²) in [6.45, 7) is -0.264. The molecule has 0 bridgehead atoms. The average Bonchev–Trinajstić information content (AvgIpc) is 2.50. The monoisotopic (exact) mass is 373 g/mol. The van der Waals surface area contributed by atoms with Crippen molar-refractivity contribution in [2.75, 3.05) is 0 Å². The van der Waals surface area contributed by atoms with Gasteiger partial charge in [-0.1, -0.05) is 24.3 Å². The van der Waals surface area contributed by atoms with Crippen molar-refractivity contribution in [3.63, 3.8) is 0 Å². The lowest BCUT2D eigenvalue weighted by Gasteiger charge is -2.10. The molecule has 2 N–H and O–H groups in total. The van der Waals surface area contributed by atoms with Crippen LogP contribution >= 0.6 is 0 Å². The van der Waals surface area contributed by atoms with Crippen molar-refractivity contribution < 1.29 is 31.5 Å². The molecular weight excluding hydrogens is 359 g/mol. The van der Waals surface area contributed by atoms with Gasteiger partial charge in [0.25, 0.3) is 0 Å². The smallest absolute Gasteiger partial charge is 0.303 e. The van der Waals surface area contributed by atoms with Crippen molar-refractivity contribution in [1.29, 1.82) is 0 Å². The summed E-state index contributed by atoms with van der Waals surface area (Å²) in [5, 5.41) is 8.66. The number of aryl methyl sites for hydroxylation is 1. The van der Waals surface area contributed by atoms with Crippen LogP contribution in [0.15, 0.2) is 41.3 Å². The molecule has 0 aliphatic heterocycles. The Hall–Kier alpha value is -2.39. The first-order valence-corrected chi connectivity index (χ1v) is 8.61. The van der Waals surface area contributed by atoms with Gasteiger partial charge in [-0.2, -0.15) is 0 Å². The van der Waals surface area contributed by atoms with E-state index in [4.69, 9.17) is 5.11 Å². The lowest BCUT2D eigenvalue weighted by Crippen LogP contribution is -2.25. The summed E-state index contributed by atoms with van der Waals surface area (Å²) in [6.07, 6.45) is 0.179. The minimum Gasteiger partial charge on any atom is -0.481 e. The van der Waals surface area contributed by atoms with Gasteiger partial charge in [-0.25, -0.2) is 26.3 Å². The van der Waals surface area contributed by atoms with Crippen LogP contribution in [0.25, 0.3) is 0 Å². The number of carbonyl (C=O) groups is 1. The van der Waals surface area contributed by atoms with Gasteiger partial charge in [0, 0.05) is 25.1 Å². The van der Waals surface area contributed by atoms with Crippen LogP contribution in [0.2, 0.25) is 0 Å². The minimum atomic E-state index is -4.54. The van der Waals surface area contributed by atoms with Crippen LogP contribution in [0.1, 0.15) is 17.5 Å². The zero-order chi connectivity index (χ0) is 18.6. The lowest BCUT2D eigenvalue weighted by atomic mass is 10.1. The van der Waals surface area contributed by atoms with E-state index in [9.17, 15) is 26.4 Å². The Bertz CT molecular complexity index is 877. The minimum absolute atomic E-state index is 0.0822. The molecule has 0 saturated heterocycles. The molecule has 0 aromatic heterocycles. The van der Waals surface area contributed by atoms with Crippen LogP contribution in [0.4, 0.5) is 13.2 Å². The second-order valence-corrected chi connectivity index (χ2v) is 6.94. The molecule has 9 heteroatoms. The molecule has 134 valence electrons. The highest BCUT2D eigenvalue weighted by Crippen LogP contribution is 2.20. The highest BCUT2D eigenvalue weighted by molar-refractivity contribution is 7.89. The van der Waals surface area contributed by atoms with E-state index in [1.807, 2.05) is 4.72 Å². The Labute approximate surface area is 142 Å². The van der Waals surface area contributed by atoms with Crippen LogP contribution in [0.3, 0.4) is 0 Å². The number of benzene rings is 2. The normalized spacial score (nSPS) is 11.5. The molecule has 5 nitrogen and oxygen atoms in total. The van der Waals surface area contributed by atoms with Crippen molar-refractivity contribution in [1.82, 2.24) is 4.72 Å². The van der Waals surface area contributed by atoms with Gasteiger partial charge in [-0.05, 0) is 17.5 Å². The number of carboxylic acids is 1. The van der Waals surface area contributed by atoms with Crippen LogP contribution in [-0.2, 0) is 27.8 Å². The first-order valence-electron chi connectivity index (χ1n) is 7.13. The zero-order valence-electron chi connectivity index (χ0n) is 12.8. The number of rotatable bonds is 7. The maximum atomic E-state index is 13.6. The van der Waals surface area contributed by atoms with E-state index in [2.05, 4.69) is 0 Å². The molecule has 2 rings (SSSR count). The number of carboxylic acid groups (broad SMARTS) is 1. The van der Waals surface area contributed by atoms with Gasteiger partial charge in [0.05, 0.1) is 0 Å². The number of hydrogen-bond donors (Lipinski definition) is 2. The third-order valence-corrected chi connectivity index (χ3v) is 4.77. The predicted molar refractivity (Wildman–Crippen MR) is 82.7 cm³/mol. The molecule has 0 amide bonds. The van der Waals surface area contributed by atoms with Crippen molar-refractivity contribution in [3.8, 4) is 0 Å². The Morgan fingerprint density at radius 2 is 1.64 bits per heavy atom. The second-order valence-electron chi connectivity index (χ2n) is 5.24. The van der Waals surface area contributed by atoms with Crippen molar-refractivity contribution >= 4 is 16.0 Å². The third kappa shape index (κ3) is 5.04. The third-order valence-electron chi connectivity index (χ3n) is 3.32. The maximum absolute atomic E-state index is 13.6. The summed E-state index contributed by atoms with van der Waals surface area (Å²) in [5.41, 5.74) is 1.16. The van der Waals surface area contributed by atoms with E-state index >= 15 is 0 Å².